The summed E-state index contributed by atoms with van der Waals surface area (Å²) >= 11 is 0. The van der Waals surface area contributed by atoms with E-state index in [-0.39, 0.29) is 42.1 Å². The van der Waals surface area contributed by atoms with E-state index in [2.05, 4.69) is 20.9 Å². The fourth-order valence-corrected chi connectivity index (χ4v) is 5.47. The fraction of sp³-hybridized carbons (Fsp3) is 0.419. The van der Waals surface area contributed by atoms with Crippen molar-refractivity contribution in [2.45, 2.75) is 51.6 Å². The average molecular weight is 590 g/mol. The zero-order chi connectivity index (χ0) is 30.5. The van der Waals surface area contributed by atoms with Crippen molar-refractivity contribution >= 4 is 23.6 Å². The van der Waals surface area contributed by atoms with Gasteiger partial charge in [0.25, 0.3) is 11.8 Å². The highest BCUT2D eigenvalue weighted by Crippen LogP contribution is 2.23. The summed E-state index contributed by atoms with van der Waals surface area (Å²) in [6.45, 7) is 4.26. The molecule has 2 aromatic carbocycles. The van der Waals surface area contributed by atoms with E-state index in [1.54, 1.807) is 6.07 Å². The molecule has 3 heterocycles. The lowest BCUT2D eigenvalue weighted by molar-refractivity contribution is -0.126. The number of nitrogens with one attached hydrogen (secondary N) is 2. The summed E-state index contributed by atoms with van der Waals surface area (Å²) in [5.74, 6) is -2.52. The van der Waals surface area contributed by atoms with Gasteiger partial charge in [-0.05, 0) is 61.4 Å². The Labute approximate surface area is 249 Å². The molecule has 0 saturated carbocycles. The molecule has 0 radical (unpaired) electrons. The van der Waals surface area contributed by atoms with Crippen molar-refractivity contribution in [1.82, 2.24) is 35.4 Å². The number of hydrogen-bond donors (Lipinski definition) is 2. The van der Waals surface area contributed by atoms with Crippen LogP contribution in [-0.2, 0) is 16.0 Å². The van der Waals surface area contributed by atoms with Crippen molar-refractivity contribution in [3.8, 4) is 5.69 Å². The Morgan fingerprint density at radius 2 is 1.86 bits per heavy atom. The maximum absolute atomic E-state index is 14.8. The molecule has 12 heteroatoms. The predicted molar refractivity (Wildman–Crippen MR) is 156 cm³/mol. The van der Waals surface area contributed by atoms with E-state index in [0.717, 1.165) is 11.3 Å². The molecule has 11 nitrogen and oxygen atoms in total. The number of fused-ring (bicyclic) bond motifs is 3. The number of nitrogens with zero attached hydrogens (tertiary/aromatic N) is 5. The summed E-state index contributed by atoms with van der Waals surface area (Å²) in [5, 5.41) is 14.0. The highest BCUT2D eigenvalue weighted by molar-refractivity contribution is 5.98. The van der Waals surface area contributed by atoms with Gasteiger partial charge < -0.3 is 20.4 Å². The number of rotatable bonds is 3. The van der Waals surface area contributed by atoms with Crippen LogP contribution in [0.25, 0.3) is 5.69 Å². The summed E-state index contributed by atoms with van der Waals surface area (Å²) in [4.78, 5) is 56.6. The number of aryl methyl sites for hydroxylation is 1. The van der Waals surface area contributed by atoms with Crippen molar-refractivity contribution in [3.05, 3.63) is 77.4 Å². The molecule has 226 valence electrons. The average Bonchev–Trinajstić information content (AvgIpc) is 3.69. The van der Waals surface area contributed by atoms with Crippen LogP contribution in [0, 0.1) is 11.7 Å². The number of carbonyl (C=O) groups is 4. The molecular formula is C31H36FN7O4. The number of halogens is 1. The molecule has 2 atom stereocenters. The van der Waals surface area contributed by atoms with Gasteiger partial charge in [-0.3, -0.25) is 19.2 Å². The van der Waals surface area contributed by atoms with Crippen LogP contribution in [0.5, 0.6) is 0 Å². The minimum atomic E-state index is -0.772. The fourth-order valence-electron chi connectivity index (χ4n) is 5.47. The molecule has 2 bridgehead atoms. The van der Waals surface area contributed by atoms with Crippen molar-refractivity contribution in [1.29, 1.82) is 0 Å². The molecule has 2 N–H and O–H groups in total. The van der Waals surface area contributed by atoms with Gasteiger partial charge >= 0.3 is 0 Å². The van der Waals surface area contributed by atoms with Crippen LogP contribution in [0.3, 0.4) is 0 Å². The Hall–Kier alpha value is -4.61. The molecule has 4 amide bonds. The quantitative estimate of drug-likeness (QED) is 0.483. The minimum Gasteiger partial charge on any atom is -0.355 e. The standard InChI is InChI=1S/C31H36FN7O4/c1-20(2)25-17-37(31(43)26-18-39(36-35-26)22-9-4-3-5-10-22)19-28(40)33-14-6-8-21-12-13-24(32)23(16-21)30(42)38-15-7-11-27(38)29(41)34-25/h3-5,9-10,12-13,16,18,20,25,27H,6-8,11,14-15,17,19H2,1-2H3,(H,33,40)(H,34,41)/t25-,27-/m0/s1. The second-order valence-electron chi connectivity index (χ2n) is 11.4. The van der Waals surface area contributed by atoms with Crippen LogP contribution in [-0.4, -0.2) is 86.7 Å². The van der Waals surface area contributed by atoms with Crippen LogP contribution in [0.2, 0.25) is 0 Å². The molecule has 3 aromatic rings. The first-order valence-corrected chi connectivity index (χ1v) is 14.6. The number of hydrogen-bond acceptors (Lipinski definition) is 6. The Morgan fingerprint density at radius 3 is 2.63 bits per heavy atom. The lowest BCUT2D eigenvalue weighted by atomic mass is 10.0. The maximum atomic E-state index is 14.8. The van der Waals surface area contributed by atoms with Crippen molar-refractivity contribution in [3.63, 3.8) is 0 Å². The van der Waals surface area contributed by atoms with Crippen LogP contribution >= 0.6 is 0 Å². The van der Waals surface area contributed by atoms with E-state index >= 15 is 0 Å². The van der Waals surface area contributed by atoms with E-state index in [4.69, 9.17) is 0 Å². The Morgan fingerprint density at radius 1 is 1.07 bits per heavy atom. The van der Waals surface area contributed by atoms with Gasteiger partial charge in [-0.15, -0.1) is 5.10 Å². The van der Waals surface area contributed by atoms with Gasteiger partial charge in [0.05, 0.1) is 24.0 Å². The first kappa shape index (κ1) is 29.9. The topological polar surface area (TPSA) is 130 Å². The van der Waals surface area contributed by atoms with Gasteiger partial charge in [-0.25, -0.2) is 9.07 Å². The highest BCUT2D eigenvalue weighted by Gasteiger charge is 2.37. The van der Waals surface area contributed by atoms with Gasteiger partial charge in [-0.2, -0.15) is 0 Å². The molecule has 1 aromatic heterocycles. The summed E-state index contributed by atoms with van der Waals surface area (Å²) in [7, 11) is 0. The maximum Gasteiger partial charge on any atom is 0.276 e. The SMILES string of the molecule is CC(C)[C@@H]1CN(C(=O)c2cn(-c3ccccc3)nn2)CC(=O)NCCCc2ccc(F)c(c2)C(=O)N2CCC[C@H]2C(=O)N1. The van der Waals surface area contributed by atoms with Gasteiger partial charge in [0.1, 0.15) is 11.9 Å². The smallest absolute Gasteiger partial charge is 0.276 e. The lowest BCUT2D eigenvalue weighted by Gasteiger charge is -2.32. The second-order valence-corrected chi connectivity index (χ2v) is 11.4. The Bertz CT molecular complexity index is 1490. The second kappa shape index (κ2) is 13.1. The van der Waals surface area contributed by atoms with Gasteiger partial charge in [0.15, 0.2) is 5.69 Å². The predicted octanol–water partition coefficient (Wildman–Crippen LogP) is 2.36. The van der Waals surface area contributed by atoms with Crippen molar-refractivity contribution < 1.29 is 23.6 Å². The molecule has 0 aliphatic carbocycles. The van der Waals surface area contributed by atoms with Gasteiger partial charge in [-0.1, -0.05) is 43.3 Å². The van der Waals surface area contributed by atoms with E-state index in [0.29, 0.717) is 38.8 Å². The number of para-hydroxylation sites is 1. The monoisotopic (exact) mass is 589 g/mol. The van der Waals surface area contributed by atoms with Gasteiger partial charge in [0.2, 0.25) is 11.8 Å². The minimum absolute atomic E-state index is 0.0317. The number of aromatic nitrogens is 3. The summed E-state index contributed by atoms with van der Waals surface area (Å²) in [6.07, 6.45) is 3.61. The van der Waals surface area contributed by atoms with E-state index in [1.165, 1.54) is 32.8 Å². The zero-order valence-corrected chi connectivity index (χ0v) is 24.3. The normalized spacial score (nSPS) is 20.4. The third-order valence-corrected chi connectivity index (χ3v) is 7.95. The third-order valence-electron chi connectivity index (χ3n) is 7.95. The van der Waals surface area contributed by atoms with E-state index in [1.807, 2.05) is 44.2 Å². The van der Waals surface area contributed by atoms with Crippen LogP contribution in [0.4, 0.5) is 4.39 Å². The first-order valence-electron chi connectivity index (χ1n) is 14.6. The van der Waals surface area contributed by atoms with Crippen molar-refractivity contribution in [2.75, 3.05) is 26.2 Å². The molecule has 43 heavy (non-hydrogen) atoms. The molecule has 5 rings (SSSR count). The molecule has 1 fully saturated rings. The molecule has 1 saturated heterocycles. The molecule has 0 spiro atoms. The van der Waals surface area contributed by atoms with Gasteiger partial charge in [0, 0.05) is 25.7 Å². The number of benzene rings is 2. The van der Waals surface area contributed by atoms with E-state index in [9.17, 15) is 23.6 Å². The largest absolute Gasteiger partial charge is 0.355 e. The summed E-state index contributed by atoms with van der Waals surface area (Å²) < 4.78 is 16.3. The third kappa shape index (κ3) is 6.90. The Balaban J connectivity index is 1.43. The summed E-state index contributed by atoms with van der Waals surface area (Å²) in [5.41, 5.74) is 1.47. The lowest BCUT2D eigenvalue weighted by Crippen LogP contribution is -2.55. The number of amides is 4. The molecule has 2 aliphatic rings. The number of carbonyl (C=O) groups excluding carboxylic acids is 4. The first-order chi connectivity index (χ1) is 20.7. The van der Waals surface area contributed by atoms with Crippen LogP contribution in [0.1, 0.15) is 59.5 Å². The van der Waals surface area contributed by atoms with E-state index < -0.39 is 29.7 Å². The van der Waals surface area contributed by atoms with Crippen LogP contribution in [0.15, 0.2) is 54.7 Å². The molecule has 0 unspecified atom stereocenters. The Kier molecular flexibility index (Phi) is 9.13. The molecular weight excluding hydrogens is 553 g/mol. The van der Waals surface area contributed by atoms with Crippen molar-refractivity contribution in [2.24, 2.45) is 5.92 Å². The summed E-state index contributed by atoms with van der Waals surface area (Å²) in [6, 6.07) is 12.3. The highest BCUT2D eigenvalue weighted by atomic mass is 19.1. The zero-order valence-electron chi connectivity index (χ0n) is 24.3. The molecule has 2 aliphatic heterocycles. The van der Waals surface area contributed by atoms with Crippen LogP contribution < -0.4 is 10.6 Å².